The first kappa shape index (κ1) is 26.6. The SMILES string of the molecule is Cc1cc(C)c(NC(=O)CN2C(=O)S/C(=C\c3ccc(OCc4ccc(F)cc4)c(Br)c3)C2=O)c(C)c1. The minimum atomic E-state index is -0.518. The van der Waals surface area contributed by atoms with Crippen LogP contribution in [0.25, 0.3) is 6.08 Å². The molecule has 0 saturated carbocycles. The molecule has 0 atom stereocenters. The summed E-state index contributed by atoms with van der Waals surface area (Å²) in [6.45, 7) is 5.67. The molecule has 4 rings (SSSR count). The molecule has 1 aliphatic heterocycles. The predicted molar refractivity (Wildman–Crippen MR) is 147 cm³/mol. The van der Waals surface area contributed by atoms with Gasteiger partial charge in [0.2, 0.25) is 5.91 Å². The largest absolute Gasteiger partial charge is 0.488 e. The van der Waals surface area contributed by atoms with Gasteiger partial charge in [-0.1, -0.05) is 35.9 Å². The highest BCUT2D eigenvalue weighted by Gasteiger charge is 2.36. The Bertz CT molecular complexity index is 1400. The Kier molecular flexibility index (Phi) is 8.14. The van der Waals surface area contributed by atoms with Gasteiger partial charge in [-0.05, 0) is 101 Å². The molecule has 0 radical (unpaired) electrons. The number of hydrogen-bond donors (Lipinski definition) is 1. The van der Waals surface area contributed by atoms with Gasteiger partial charge in [0.15, 0.2) is 0 Å². The van der Waals surface area contributed by atoms with Crippen molar-refractivity contribution in [2.75, 3.05) is 11.9 Å². The summed E-state index contributed by atoms with van der Waals surface area (Å²) in [7, 11) is 0. The van der Waals surface area contributed by atoms with E-state index in [-0.39, 0.29) is 23.9 Å². The maximum absolute atomic E-state index is 13.1. The van der Waals surface area contributed by atoms with Gasteiger partial charge in [0.25, 0.3) is 11.1 Å². The molecule has 0 bridgehead atoms. The first-order valence-electron chi connectivity index (χ1n) is 11.4. The highest BCUT2D eigenvalue weighted by molar-refractivity contribution is 9.10. The van der Waals surface area contributed by atoms with E-state index in [1.54, 1.807) is 36.4 Å². The number of halogens is 2. The maximum Gasteiger partial charge on any atom is 0.294 e. The second-order valence-electron chi connectivity index (χ2n) is 8.69. The second-order valence-corrected chi connectivity index (χ2v) is 10.5. The lowest BCUT2D eigenvalue weighted by Crippen LogP contribution is -2.36. The molecule has 9 heteroatoms. The third-order valence-corrected chi connectivity index (χ3v) is 7.21. The number of thioether (sulfide) groups is 1. The number of hydrogen-bond acceptors (Lipinski definition) is 5. The quantitative estimate of drug-likeness (QED) is 0.311. The van der Waals surface area contributed by atoms with Crippen molar-refractivity contribution in [3.05, 3.63) is 97.6 Å². The number of nitrogens with one attached hydrogen (secondary N) is 1. The van der Waals surface area contributed by atoms with Crippen molar-refractivity contribution in [1.29, 1.82) is 0 Å². The van der Waals surface area contributed by atoms with Gasteiger partial charge in [-0.2, -0.15) is 0 Å². The molecule has 1 N–H and O–H groups in total. The van der Waals surface area contributed by atoms with Crippen LogP contribution in [0.1, 0.15) is 27.8 Å². The number of carbonyl (C=O) groups excluding carboxylic acids is 3. The number of ether oxygens (including phenoxy) is 1. The highest BCUT2D eigenvalue weighted by atomic mass is 79.9. The van der Waals surface area contributed by atoms with Crippen molar-refractivity contribution < 1.29 is 23.5 Å². The number of nitrogens with zero attached hydrogens (tertiary/aromatic N) is 1. The zero-order valence-electron chi connectivity index (χ0n) is 20.4. The summed E-state index contributed by atoms with van der Waals surface area (Å²) in [5.74, 6) is -0.692. The van der Waals surface area contributed by atoms with Crippen LogP contribution in [0.5, 0.6) is 5.75 Å². The van der Waals surface area contributed by atoms with Crippen LogP contribution in [0.4, 0.5) is 14.9 Å². The van der Waals surface area contributed by atoms with Gasteiger partial charge in [0.05, 0.1) is 9.38 Å². The minimum absolute atomic E-state index is 0.229. The Morgan fingerprint density at radius 2 is 1.73 bits per heavy atom. The first-order valence-corrected chi connectivity index (χ1v) is 13.0. The average Bonchev–Trinajstić information content (AvgIpc) is 3.09. The fourth-order valence-corrected chi connectivity index (χ4v) is 5.30. The van der Waals surface area contributed by atoms with E-state index >= 15 is 0 Å². The number of rotatable bonds is 7. The molecule has 0 unspecified atom stereocenters. The van der Waals surface area contributed by atoms with Crippen molar-refractivity contribution >= 4 is 56.5 Å². The monoisotopic (exact) mass is 582 g/mol. The fourth-order valence-electron chi connectivity index (χ4n) is 3.95. The van der Waals surface area contributed by atoms with E-state index < -0.39 is 17.1 Å². The number of carbonyl (C=O) groups is 3. The lowest BCUT2D eigenvalue weighted by Gasteiger charge is -2.15. The van der Waals surface area contributed by atoms with Crippen molar-refractivity contribution in [2.24, 2.45) is 0 Å². The zero-order chi connectivity index (χ0) is 26.7. The van der Waals surface area contributed by atoms with E-state index in [0.717, 1.165) is 38.9 Å². The number of benzene rings is 3. The summed E-state index contributed by atoms with van der Waals surface area (Å²) in [6, 6.07) is 15.2. The second kappa shape index (κ2) is 11.3. The van der Waals surface area contributed by atoms with Gasteiger partial charge in [-0.25, -0.2) is 4.39 Å². The smallest absolute Gasteiger partial charge is 0.294 e. The van der Waals surface area contributed by atoms with Gasteiger partial charge in [0.1, 0.15) is 24.7 Å². The Labute approximate surface area is 227 Å². The van der Waals surface area contributed by atoms with Crippen LogP contribution >= 0.6 is 27.7 Å². The molecule has 3 amide bonds. The molecule has 1 heterocycles. The summed E-state index contributed by atoms with van der Waals surface area (Å²) in [6.07, 6.45) is 1.60. The Hall–Kier alpha value is -3.43. The lowest BCUT2D eigenvalue weighted by molar-refractivity contribution is -0.127. The highest BCUT2D eigenvalue weighted by Crippen LogP contribution is 2.34. The van der Waals surface area contributed by atoms with Gasteiger partial charge >= 0.3 is 0 Å². The minimum Gasteiger partial charge on any atom is -0.488 e. The van der Waals surface area contributed by atoms with Crippen LogP contribution in [-0.4, -0.2) is 28.5 Å². The number of aryl methyl sites for hydroxylation is 3. The molecule has 0 aromatic heterocycles. The Balaban J connectivity index is 1.41. The summed E-state index contributed by atoms with van der Waals surface area (Å²) >= 11 is 4.26. The molecule has 190 valence electrons. The summed E-state index contributed by atoms with van der Waals surface area (Å²) in [4.78, 5) is 39.2. The molecule has 3 aromatic carbocycles. The van der Waals surface area contributed by atoms with Gasteiger partial charge < -0.3 is 10.1 Å². The van der Waals surface area contributed by atoms with Crippen LogP contribution in [0, 0.1) is 26.6 Å². The Morgan fingerprint density at radius 1 is 1.05 bits per heavy atom. The van der Waals surface area contributed by atoms with Crippen LogP contribution in [-0.2, 0) is 16.2 Å². The van der Waals surface area contributed by atoms with Crippen molar-refractivity contribution in [1.82, 2.24) is 4.90 Å². The van der Waals surface area contributed by atoms with Crippen molar-refractivity contribution in [3.8, 4) is 5.75 Å². The van der Waals surface area contributed by atoms with Gasteiger partial charge in [0, 0.05) is 5.69 Å². The van der Waals surface area contributed by atoms with Gasteiger partial charge in [-0.3, -0.25) is 19.3 Å². The summed E-state index contributed by atoms with van der Waals surface area (Å²) < 4.78 is 19.5. The third kappa shape index (κ3) is 6.47. The maximum atomic E-state index is 13.1. The van der Waals surface area contributed by atoms with E-state index in [1.807, 2.05) is 32.9 Å². The van der Waals surface area contributed by atoms with E-state index in [4.69, 9.17) is 4.74 Å². The van der Waals surface area contributed by atoms with E-state index in [2.05, 4.69) is 21.2 Å². The molecule has 37 heavy (non-hydrogen) atoms. The molecule has 0 spiro atoms. The molecule has 1 saturated heterocycles. The fraction of sp³-hybridized carbons (Fsp3) is 0.179. The summed E-state index contributed by atoms with van der Waals surface area (Å²) in [5.41, 5.74) is 5.10. The molecule has 1 fully saturated rings. The predicted octanol–water partition coefficient (Wildman–Crippen LogP) is 6.77. The van der Waals surface area contributed by atoms with E-state index in [0.29, 0.717) is 21.5 Å². The summed E-state index contributed by atoms with van der Waals surface area (Å²) in [5, 5.41) is 2.33. The van der Waals surface area contributed by atoms with Crippen LogP contribution in [0.3, 0.4) is 0 Å². The standard InChI is InChI=1S/C28H24BrFN2O4S/c1-16-10-17(2)26(18(3)11-16)31-25(33)14-32-27(34)24(37-28(32)35)13-20-6-9-23(22(29)12-20)36-15-19-4-7-21(30)8-5-19/h4-13H,14-15H2,1-3H3,(H,31,33)/b24-13-. The third-order valence-electron chi connectivity index (χ3n) is 5.68. The normalized spacial score (nSPS) is 14.4. The van der Waals surface area contributed by atoms with E-state index in [1.165, 1.54) is 12.1 Å². The first-order chi connectivity index (χ1) is 17.6. The molecular formula is C28H24BrFN2O4S. The average molecular weight is 583 g/mol. The number of amides is 3. The Morgan fingerprint density at radius 3 is 2.38 bits per heavy atom. The molecule has 1 aliphatic rings. The zero-order valence-corrected chi connectivity index (χ0v) is 22.8. The topological polar surface area (TPSA) is 75.7 Å². The molecule has 6 nitrogen and oxygen atoms in total. The van der Waals surface area contributed by atoms with Crippen LogP contribution in [0.2, 0.25) is 0 Å². The van der Waals surface area contributed by atoms with Crippen LogP contribution in [0.15, 0.2) is 64.0 Å². The molecular weight excluding hydrogens is 559 g/mol. The van der Waals surface area contributed by atoms with Crippen molar-refractivity contribution in [3.63, 3.8) is 0 Å². The van der Waals surface area contributed by atoms with Crippen molar-refractivity contribution in [2.45, 2.75) is 27.4 Å². The van der Waals surface area contributed by atoms with E-state index in [9.17, 15) is 18.8 Å². The number of imide groups is 1. The molecule has 0 aliphatic carbocycles. The van der Waals surface area contributed by atoms with Gasteiger partial charge in [-0.15, -0.1) is 0 Å². The number of anilines is 1. The molecule has 3 aromatic rings. The van der Waals surface area contributed by atoms with Crippen LogP contribution < -0.4 is 10.1 Å². The lowest BCUT2D eigenvalue weighted by atomic mass is 10.1.